The Morgan fingerprint density at radius 2 is 2.05 bits per heavy atom. The number of nitrogens with zero attached hydrogens (tertiary/aromatic N) is 1. The maximum absolute atomic E-state index is 11.9. The van der Waals surface area contributed by atoms with Gasteiger partial charge in [-0.1, -0.05) is 0 Å². The van der Waals surface area contributed by atoms with E-state index >= 15 is 0 Å². The summed E-state index contributed by atoms with van der Waals surface area (Å²) < 4.78 is 5.34. The number of amides is 1. The molecule has 0 fully saturated rings. The molecule has 0 spiro atoms. The zero-order valence-corrected chi connectivity index (χ0v) is 12.3. The van der Waals surface area contributed by atoms with Crippen LogP contribution < -0.4 is 11.1 Å². The van der Waals surface area contributed by atoms with Crippen LogP contribution in [0.2, 0.25) is 0 Å². The minimum atomic E-state index is -0.298. The molecule has 0 aliphatic carbocycles. The Kier molecular flexibility index (Phi) is 4.78. The van der Waals surface area contributed by atoms with Gasteiger partial charge >= 0.3 is 0 Å². The number of nitrogens with two attached hydrogens (primary N) is 1. The van der Waals surface area contributed by atoms with Crippen molar-refractivity contribution in [2.75, 3.05) is 38.8 Å². The Morgan fingerprint density at radius 3 is 2.58 bits per heavy atom. The summed E-state index contributed by atoms with van der Waals surface area (Å²) in [7, 11) is 5.11. The van der Waals surface area contributed by atoms with Crippen molar-refractivity contribution in [1.29, 1.82) is 0 Å². The van der Waals surface area contributed by atoms with Crippen molar-refractivity contribution < 1.29 is 9.53 Å². The number of carbonyl (C=O) groups excluding carboxylic acids is 1. The number of anilines is 2. The summed E-state index contributed by atoms with van der Waals surface area (Å²) in [5.74, 6) is -0.0472. The van der Waals surface area contributed by atoms with Gasteiger partial charge in [0.2, 0.25) is 0 Å². The van der Waals surface area contributed by atoms with Gasteiger partial charge in [0.15, 0.2) is 0 Å². The summed E-state index contributed by atoms with van der Waals surface area (Å²) >= 11 is 0. The molecule has 0 radical (unpaired) electrons. The zero-order valence-electron chi connectivity index (χ0n) is 12.3. The summed E-state index contributed by atoms with van der Waals surface area (Å²) in [5, 5.41) is 3.22. The first-order valence-electron chi connectivity index (χ1n) is 6.17. The van der Waals surface area contributed by atoms with E-state index in [9.17, 15) is 4.79 Å². The van der Waals surface area contributed by atoms with Gasteiger partial charge in [0.1, 0.15) is 0 Å². The van der Waals surface area contributed by atoms with Crippen LogP contribution in [0.1, 0.15) is 24.2 Å². The summed E-state index contributed by atoms with van der Waals surface area (Å²) in [6, 6.07) is 5.23. The molecular weight excluding hydrogens is 242 g/mol. The number of hydrogen-bond acceptors (Lipinski definition) is 4. The van der Waals surface area contributed by atoms with Gasteiger partial charge in [0.05, 0.1) is 17.0 Å². The van der Waals surface area contributed by atoms with E-state index < -0.39 is 0 Å². The molecule has 0 saturated heterocycles. The van der Waals surface area contributed by atoms with Gasteiger partial charge in [0, 0.05) is 33.3 Å². The van der Waals surface area contributed by atoms with E-state index in [0.717, 1.165) is 5.69 Å². The Bertz CT molecular complexity index is 456. The number of benzene rings is 1. The lowest BCUT2D eigenvalue weighted by atomic mass is 10.1. The van der Waals surface area contributed by atoms with E-state index in [1.54, 1.807) is 39.4 Å². The van der Waals surface area contributed by atoms with E-state index in [0.29, 0.717) is 17.8 Å². The molecule has 19 heavy (non-hydrogen) atoms. The number of nitrogen functional groups attached to an aromatic ring is 1. The first kappa shape index (κ1) is 15.3. The Labute approximate surface area is 114 Å². The van der Waals surface area contributed by atoms with Crippen molar-refractivity contribution in [3.05, 3.63) is 23.8 Å². The number of rotatable bonds is 5. The highest BCUT2D eigenvalue weighted by Gasteiger charge is 2.17. The van der Waals surface area contributed by atoms with E-state index in [2.05, 4.69) is 5.32 Å². The minimum absolute atomic E-state index is 0.0472. The number of hydrogen-bond donors (Lipinski definition) is 2. The lowest BCUT2D eigenvalue weighted by Crippen LogP contribution is -2.32. The van der Waals surface area contributed by atoms with Crippen molar-refractivity contribution in [1.82, 2.24) is 4.90 Å². The Morgan fingerprint density at radius 1 is 1.42 bits per heavy atom. The Balaban J connectivity index is 2.89. The molecule has 0 aromatic heterocycles. The third kappa shape index (κ3) is 4.13. The third-order valence-corrected chi connectivity index (χ3v) is 2.96. The lowest BCUT2D eigenvalue weighted by Gasteiger charge is -2.24. The van der Waals surface area contributed by atoms with Crippen molar-refractivity contribution in [2.24, 2.45) is 0 Å². The van der Waals surface area contributed by atoms with Crippen LogP contribution >= 0.6 is 0 Å². The molecule has 0 unspecified atom stereocenters. The molecule has 0 saturated carbocycles. The van der Waals surface area contributed by atoms with Crippen LogP contribution in [0.5, 0.6) is 0 Å². The fourth-order valence-corrected chi connectivity index (χ4v) is 1.48. The first-order chi connectivity index (χ1) is 8.76. The predicted molar refractivity (Wildman–Crippen MR) is 78.4 cm³/mol. The van der Waals surface area contributed by atoms with E-state index in [1.807, 2.05) is 13.8 Å². The van der Waals surface area contributed by atoms with Crippen LogP contribution in [-0.2, 0) is 4.74 Å². The SMILES string of the molecule is COC(C)(C)CNc1cc(C(=O)N(C)C)ccc1N. The van der Waals surface area contributed by atoms with Crippen LogP contribution in [0.15, 0.2) is 18.2 Å². The second-order valence-electron chi connectivity index (χ2n) is 5.32. The monoisotopic (exact) mass is 265 g/mol. The van der Waals surface area contributed by atoms with E-state index in [4.69, 9.17) is 10.5 Å². The van der Waals surface area contributed by atoms with E-state index in [1.165, 1.54) is 4.90 Å². The van der Waals surface area contributed by atoms with Gasteiger partial charge in [-0.15, -0.1) is 0 Å². The standard InChI is InChI=1S/C14H23N3O2/c1-14(2,19-5)9-16-12-8-10(6-7-11(12)15)13(18)17(3)4/h6-8,16H,9,15H2,1-5H3. The molecule has 5 nitrogen and oxygen atoms in total. The van der Waals surface area contributed by atoms with Crippen LogP contribution in [0, 0.1) is 0 Å². The molecule has 0 aliphatic heterocycles. The number of ether oxygens (including phenoxy) is 1. The van der Waals surface area contributed by atoms with Crippen molar-refractivity contribution in [2.45, 2.75) is 19.4 Å². The maximum atomic E-state index is 11.9. The van der Waals surface area contributed by atoms with Gasteiger partial charge in [-0.3, -0.25) is 4.79 Å². The molecular formula is C14H23N3O2. The summed E-state index contributed by atoms with van der Waals surface area (Å²) in [6.07, 6.45) is 0. The second-order valence-corrected chi connectivity index (χ2v) is 5.32. The predicted octanol–water partition coefficient (Wildman–Crippen LogP) is 1.81. The topological polar surface area (TPSA) is 67.6 Å². The van der Waals surface area contributed by atoms with Gasteiger partial charge in [-0.05, 0) is 32.0 Å². The first-order valence-corrected chi connectivity index (χ1v) is 6.17. The van der Waals surface area contributed by atoms with Crippen LogP contribution in [0.4, 0.5) is 11.4 Å². The van der Waals surface area contributed by atoms with Crippen LogP contribution in [-0.4, -0.2) is 44.2 Å². The molecule has 5 heteroatoms. The van der Waals surface area contributed by atoms with Crippen molar-refractivity contribution >= 4 is 17.3 Å². The molecule has 106 valence electrons. The van der Waals surface area contributed by atoms with Gasteiger partial charge in [-0.2, -0.15) is 0 Å². The van der Waals surface area contributed by atoms with Gasteiger partial charge < -0.3 is 20.7 Å². The van der Waals surface area contributed by atoms with Gasteiger partial charge in [-0.25, -0.2) is 0 Å². The fraction of sp³-hybridized carbons (Fsp3) is 0.500. The van der Waals surface area contributed by atoms with Crippen LogP contribution in [0.3, 0.4) is 0 Å². The molecule has 0 heterocycles. The van der Waals surface area contributed by atoms with Crippen molar-refractivity contribution in [3.8, 4) is 0 Å². The Hall–Kier alpha value is -1.75. The smallest absolute Gasteiger partial charge is 0.253 e. The number of nitrogens with one attached hydrogen (secondary N) is 1. The minimum Gasteiger partial charge on any atom is -0.397 e. The van der Waals surface area contributed by atoms with E-state index in [-0.39, 0.29) is 11.5 Å². The molecule has 1 amide bonds. The fourth-order valence-electron chi connectivity index (χ4n) is 1.48. The molecule has 1 rings (SSSR count). The molecule has 3 N–H and O–H groups in total. The largest absolute Gasteiger partial charge is 0.397 e. The number of carbonyl (C=O) groups is 1. The maximum Gasteiger partial charge on any atom is 0.253 e. The van der Waals surface area contributed by atoms with Gasteiger partial charge in [0.25, 0.3) is 5.91 Å². The third-order valence-electron chi connectivity index (χ3n) is 2.96. The summed E-state index contributed by atoms with van der Waals surface area (Å²) in [5.41, 5.74) is 7.58. The zero-order chi connectivity index (χ0) is 14.6. The molecule has 0 atom stereocenters. The summed E-state index contributed by atoms with van der Waals surface area (Å²) in [4.78, 5) is 13.4. The highest BCUT2D eigenvalue weighted by Crippen LogP contribution is 2.22. The number of methoxy groups -OCH3 is 1. The highest BCUT2D eigenvalue weighted by atomic mass is 16.5. The normalized spacial score (nSPS) is 11.2. The summed E-state index contributed by atoms with van der Waals surface area (Å²) in [6.45, 7) is 4.56. The molecule has 0 bridgehead atoms. The van der Waals surface area contributed by atoms with Crippen LogP contribution in [0.25, 0.3) is 0 Å². The van der Waals surface area contributed by atoms with Crippen molar-refractivity contribution in [3.63, 3.8) is 0 Å². The molecule has 0 aliphatic rings. The highest BCUT2D eigenvalue weighted by molar-refractivity contribution is 5.95. The lowest BCUT2D eigenvalue weighted by molar-refractivity contribution is 0.0344. The quantitative estimate of drug-likeness (QED) is 0.797. The molecule has 1 aromatic rings. The second kappa shape index (κ2) is 5.93. The average Bonchev–Trinajstić information content (AvgIpc) is 2.37. The molecule has 1 aromatic carbocycles. The average molecular weight is 265 g/mol.